The lowest BCUT2D eigenvalue weighted by Gasteiger charge is -2.21. The molecule has 0 spiro atoms. The molecule has 2 aromatic carbocycles. The van der Waals surface area contributed by atoms with Crippen molar-refractivity contribution >= 4 is 34.8 Å². The van der Waals surface area contributed by atoms with Gasteiger partial charge >= 0.3 is 0 Å². The van der Waals surface area contributed by atoms with E-state index in [1.807, 2.05) is 60.8 Å². The fourth-order valence-electron chi connectivity index (χ4n) is 6.38. The van der Waals surface area contributed by atoms with Crippen molar-refractivity contribution in [3.63, 3.8) is 0 Å². The highest BCUT2D eigenvalue weighted by Crippen LogP contribution is 2.37. The van der Waals surface area contributed by atoms with Crippen molar-refractivity contribution in [2.45, 2.75) is 45.6 Å². The van der Waals surface area contributed by atoms with E-state index < -0.39 is 6.17 Å². The molecule has 47 heavy (non-hydrogen) atoms. The summed E-state index contributed by atoms with van der Waals surface area (Å²) in [4.78, 5) is 40.1. The van der Waals surface area contributed by atoms with E-state index in [-0.39, 0.29) is 17.5 Å². The number of fused-ring (bicyclic) bond motifs is 1. The molecule has 0 unspecified atom stereocenters. The second-order valence-corrected chi connectivity index (χ2v) is 12.7. The lowest BCUT2D eigenvalue weighted by atomic mass is 9.98. The van der Waals surface area contributed by atoms with Crippen LogP contribution in [0.15, 0.2) is 48.7 Å². The number of nitrogens with zero attached hydrogens (tertiary/aromatic N) is 5. The normalized spacial score (nSPS) is 16.7. The van der Waals surface area contributed by atoms with Gasteiger partial charge in [0.05, 0.1) is 23.0 Å². The zero-order chi connectivity index (χ0) is 33.2. The Morgan fingerprint density at radius 2 is 1.79 bits per heavy atom. The van der Waals surface area contributed by atoms with E-state index in [9.17, 15) is 14.0 Å². The van der Waals surface area contributed by atoms with Gasteiger partial charge in [-0.15, -0.1) is 0 Å². The number of aromatic nitrogens is 3. The van der Waals surface area contributed by atoms with Crippen molar-refractivity contribution < 1.29 is 18.7 Å². The molecule has 4 heterocycles. The Morgan fingerprint density at radius 1 is 1.04 bits per heavy atom. The number of carbonyl (C=O) groups is 2. The molecule has 0 aliphatic carbocycles. The summed E-state index contributed by atoms with van der Waals surface area (Å²) in [6, 6.07) is 12.8. The summed E-state index contributed by atoms with van der Waals surface area (Å²) < 4.78 is 21.0. The minimum absolute atomic E-state index is 0.251. The van der Waals surface area contributed by atoms with Gasteiger partial charge in [0.1, 0.15) is 11.9 Å². The van der Waals surface area contributed by atoms with E-state index in [0.717, 1.165) is 46.6 Å². The van der Waals surface area contributed by atoms with Gasteiger partial charge in [-0.25, -0.2) is 9.37 Å². The number of halogens is 2. The van der Waals surface area contributed by atoms with Gasteiger partial charge in [0.15, 0.2) is 5.82 Å². The van der Waals surface area contributed by atoms with Gasteiger partial charge in [0.25, 0.3) is 11.8 Å². The number of carbonyl (C=O) groups excluding carboxylic acids is 2. The largest absolute Gasteiger partial charge is 0.380 e. The number of likely N-dealkylation sites (tertiary alicyclic amines) is 1. The molecule has 246 valence electrons. The number of benzene rings is 2. The molecule has 1 fully saturated rings. The molecule has 2 aliphatic heterocycles. The molecule has 2 N–H and O–H groups in total. The molecule has 4 aromatic rings. The fourth-order valence-corrected chi connectivity index (χ4v) is 6.65. The van der Waals surface area contributed by atoms with Crippen molar-refractivity contribution in [3.8, 4) is 11.1 Å². The molecule has 2 aliphatic rings. The van der Waals surface area contributed by atoms with Crippen molar-refractivity contribution in [2.75, 3.05) is 44.4 Å². The third-order valence-corrected chi connectivity index (χ3v) is 9.40. The Labute approximate surface area is 278 Å². The van der Waals surface area contributed by atoms with Gasteiger partial charge in [-0.05, 0) is 60.8 Å². The number of alkyl halides is 1. The number of likely N-dealkylation sites (N-methyl/N-ethyl adjacent to an activating group) is 1. The Balaban J connectivity index is 1.20. The first-order valence-corrected chi connectivity index (χ1v) is 16.1. The summed E-state index contributed by atoms with van der Waals surface area (Å²) >= 11 is 6.91. The molecule has 2 aromatic heterocycles. The monoisotopic (exact) mass is 659 g/mol. The summed E-state index contributed by atoms with van der Waals surface area (Å²) in [5.41, 5.74) is 7.37. The molecule has 2 amide bonds. The molecule has 0 bridgehead atoms. The van der Waals surface area contributed by atoms with Crippen LogP contribution in [0.2, 0.25) is 5.02 Å². The van der Waals surface area contributed by atoms with Crippen molar-refractivity contribution in [2.24, 2.45) is 7.05 Å². The number of amides is 2. The summed E-state index contributed by atoms with van der Waals surface area (Å²) in [5.74, 6) is -0.359. The molecule has 12 heteroatoms. The minimum atomic E-state index is -0.812. The van der Waals surface area contributed by atoms with E-state index in [0.29, 0.717) is 67.0 Å². The van der Waals surface area contributed by atoms with Crippen LogP contribution in [0.3, 0.4) is 0 Å². The first kappa shape index (κ1) is 32.8. The van der Waals surface area contributed by atoms with E-state index in [1.54, 1.807) is 25.4 Å². The zero-order valence-electron chi connectivity index (χ0n) is 27.1. The number of anilines is 2. The van der Waals surface area contributed by atoms with Gasteiger partial charge in [-0.3, -0.25) is 19.5 Å². The number of imidazole rings is 1. The first-order chi connectivity index (χ1) is 22.6. The maximum atomic E-state index is 13.7. The maximum absolute atomic E-state index is 13.7. The average Bonchev–Trinajstić information content (AvgIpc) is 3.61. The predicted octanol–water partition coefficient (Wildman–Crippen LogP) is 5.63. The van der Waals surface area contributed by atoms with Crippen molar-refractivity contribution in [1.82, 2.24) is 24.3 Å². The van der Waals surface area contributed by atoms with Gasteiger partial charge in [0.2, 0.25) is 0 Å². The van der Waals surface area contributed by atoms with Crippen LogP contribution < -0.4 is 10.6 Å². The van der Waals surface area contributed by atoms with Crippen LogP contribution in [-0.4, -0.2) is 76.1 Å². The number of nitrogens with one attached hydrogen (secondary N) is 2. The van der Waals surface area contributed by atoms with Crippen LogP contribution in [-0.2, 0) is 37.9 Å². The summed E-state index contributed by atoms with van der Waals surface area (Å²) in [5, 5.41) is 6.33. The molecular formula is C35H39ClFN7O3. The Morgan fingerprint density at radius 3 is 2.53 bits per heavy atom. The highest BCUT2D eigenvalue weighted by Gasteiger charge is 2.26. The average molecular weight is 660 g/mol. The maximum Gasteiger partial charge on any atom is 0.291 e. The van der Waals surface area contributed by atoms with Gasteiger partial charge in [0, 0.05) is 76.4 Å². The Bertz CT molecular complexity index is 1830. The molecule has 0 radical (unpaired) electrons. The summed E-state index contributed by atoms with van der Waals surface area (Å²) in [6.07, 6.45) is 2.23. The first-order valence-electron chi connectivity index (χ1n) is 15.7. The molecule has 0 saturated carbocycles. The summed E-state index contributed by atoms with van der Waals surface area (Å²) in [7, 11) is 5.51. The van der Waals surface area contributed by atoms with Crippen LogP contribution in [0, 0.1) is 6.92 Å². The van der Waals surface area contributed by atoms with Gasteiger partial charge in [-0.1, -0.05) is 35.9 Å². The molecule has 6 rings (SSSR count). The highest BCUT2D eigenvalue weighted by atomic mass is 35.5. The number of rotatable bonds is 9. The van der Waals surface area contributed by atoms with Crippen LogP contribution in [0.25, 0.3) is 11.1 Å². The van der Waals surface area contributed by atoms with E-state index >= 15 is 0 Å². The summed E-state index contributed by atoms with van der Waals surface area (Å²) in [6.45, 7) is 5.47. The topological polar surface area (TPSA) is 105 Å². The van der Waals surface area contributed by atoms with Crippen molar-refractivity contribution in [1.29, 1.82) is 0 Å². The quantitative estimate of drug-likeness (QED) is 0.240. The Kier molecular flexibility index (Phi) is 9.70. The second kappa shape index (κ2) is 13.9. The number of hydrogen-bond acceptors (Lipinski definition) is 7. The van der Waals surface area contributed by atoms with Gasteiger partial charge in [-0.2, -0.15) is 0 Å². The zero-order valence-corrected chi connectivity index (χ0v) is 27.8. The minimum Gasteiger partial charge on any atom is -0.380 e. The van der Waals surface area contributed by atoms with Crippen LogP contribution in [0.1, 0.15) is 55.6 Å². The fraction of sp³-hybridized carbons (Fsp3) is 0.371. The van der Waals surface area contributed by atoms with Crippen molar-refractivity contribution in [3.05, 3.63) is 93.3 Å². The molecule has 1 saturated heterocycles. The van der Waals surface area contributed by atoms with Gasteiger partial charge < -0.3 is 24.8 Å². The van der Waals surface area contributed by atoms with Crippen LogP contribution >= 0.6 is 11.6 Å². The van der Waals surface area contributed by atoms with Crippen LogP contribution in [0.5, 0.6) is 0 Å². The number of pyridine rings is 1. The third kappa shape index (κ3) is 6.94. The number of ether oxygens (including phenoxy) is 1. The highest BCUT2D eigenvalue weighted by molar-refractivity contribution is 6.36. The van der Waals surface area contributed by atoms with E-state index in [2.05, 4.69) is 25.5 Å². The predicted molar refractivity (Wildman–Crippen MR) is 181 cm³/mol. The molecular weight excluding hydrogens is 621 g/mol. The van der Waals surface area contributed by atoms with Crippen LogP contribution in [0.4, 0.5) is 15.8 Å². The standard InChI is InChI=1S/C35H39ClFN7O3/c1-21-25(26-8-6-10-28(32(26)36)41-35(46)33-39-30-19-42(2)13-12-31(30)43(33)3)7-5-9-27(21)40-34(45)29-15-22(20-47-4)23(16-38-29)17-44-14-11-24(37)18-44/h5-10,15-16,24H,11-14,17-20H2,1-4H3,(H,40,45)(H,41,46)/t24-/m0/s1. The van der Waals surface area contributed by atoms with E-state index in [1.165, 1.54) is 0 Å². The smallest absolute Gasteiger partial charge is 0.291 e. The lowest BCUT2D eigenvalue weighted by molar-refractivity contribution is 0.100. The number of methoxy groups -OCH3 is 1. The molecule has 10 nitrogen and oxygen atoms in total. The van der Waals surface area contributed by atoms with E-state index in [4.69, 9.17) is 16.3 Å². The molecule has 1 atom stereocenters. The number of hydrogen-bond donors (Lipinski definition) is 2. The third-order valence-electron chi connectivity index (χ3n) is 8.99. The lowest BCUT2D eigenvalue weighted by Crippen LogP contribution is -2.27. The SMILES string of the molecule is COCc1cc(C(=O)Nc2cccc(-c3cccc(NC(=O)c4nc5c(n4C)CCN(C)C5)c3Cl)c2C)ncc1CN1CC[C@H](F)C1. The Hall–Kier alpha value is -4.16. The second-order valence-electron chi connectivity index (χ2n) is 12.3.